The lowest BCUT2D eigenvalue weighted by Crippen LogP contribution is -2.10. The van der Waals surface area contributed by atoms with Gasteiger partial charge in [-0.15, -0.1) is 5.10 Å². The summed E-state index contributed by atoms with van der Waals surface area (Å²) in [6.07, 6.45) is 0.915. The molecule has 0 amide bonds. The van der Waals surface area contributed by atoms with Crippen LogP contribution in [-0.2, 0) is 29.2 Å². The zero-order valence-corrected chi connectivity index (χ0v) is 9.98. The van der Waals surface area contributed by atoms with Gasteiger partial charge in [-0.05, 0) is 13.3 Å². The lowest BCUT2D eigenvalue weighted by Gasteiger charge is -2.06. The van der Waals surface area contributed by atoms with E-state index in [0.717, 1.165) is 37.6 Å². The van der Waals surface area contributed by atoms with E-state index in [4.69, 9.17) is 15.2 Å². The summed E-state index contributed by atoms with van der Waals surface area (Å²) >= 11 is 0. The van der Waals surface area contributed by atoms with Crippen LogP contribution in [0.1, 0.15) is 24.7 Å². The van der Waals surface area contributed by atoms with Crippen molar-refractivity contribution in [2.24, 2.45) is 5.73 Å². The van der Waals surface area contributed by atoms with Crippen LogP contribution in [0.5, 0.6) is 0 Å². The van der Waals surface area contributed by atoms with E-state index in [1.165, 1.54) is 0 Å². The minimum atomic E-state index is 0.393. The molecular weight excluding hydrogens is 208 g/mol. The van der Waals surface area contributed by atoms with Crippen molar-refractivity contribution in [3.05, 3.63) is 11.4 Å². The van der Waals surface area contributed by atoms with Crippen LogP contribution in [0.15, 0.2) is 0 Å². The number of nitrogens with zero attached hydrogens (tertiary/aromatic N) is 3. The van der Waals surface area contributed by atoms with Gasteiger partial charge in [0.05, 0.1) is 12.3 Å². The highest BCUT2D eigenvalue weighted by Gasteiger charge is 2.10. The molecule has 0 bridgehead atoms. The van der Waals surface area contributed by atoms with Gasteiger partial charge in [-0.3, -0.25) is 0 Å². The summed E-state index contributed by atoms with van der Waals surface area (Å²) in [5.41, 5.74) is 7.34. The molecule has 0 saturated heterocycles. The van der Waals surface area contributed by atoms with Crippen LogP contribution in [0, 0.1) is 0 Å². The third-order valence-corrected chi connectivity index (χ3v) is 2.26. The van der Waals surface area contributed by atoms with E-state index in [0.29, 0.717) is 13.2 Å². The van der Waals surface area contributed by atoms with E-state index in [1.54, 1.807) is 7.11 Å². The molecule has 92 valence electrons. The Labute approximate surface area is 95.7 Å². The molecular formula is C10H20N4O2. The maximum absolute atomic E-state index is 5.57. The zero-order chi connectivity index (χ0) is 11.8. The second-order valence-corrected chi connectivity index (χ2v) is 3.39. The summed E-state index contributed by atoms with van der Waals surface area (Å²) in [4.78, 5) is 0. The van der Waals surface area contributed by atoms with E-state index >= 15 is 0 Å². The largest absolute Gasteiger partial charge is 0.382 e. The van der Waals surface area contributed by atoms with E-state index in [1.807, 2.05) is 11.6 Å². The second kappa shape index (κ2) is 7.32. The third kappa shape index (κ3) is 3.55. The summed E-state index contributed by atoms with van der Waals surface area (Å²) in [5, 5.41) is 8.07. The van der Waals surface area contributed by atoms with Gasteiger partial charge in [-0.1, -0.05) is 5.21 Å². The van der Waals surface area contributed by atoms with E-state index in [2.05, 4.69) is 10.3 Å². The molecule has 0 unspecified atom stereocenters. The molecule has 16 heavy (non-hydrogen) atoms. The van der Waals surface area contributed by atoms with Crippen LogP contribution in [0.3, 0.4) is 0 Å². The molecule has 0 atom stereocenters. The van der Waals surface area contributed by atoms with Gasteiger partial charge in [0.1, 0.15) is 5.69 Å². The lowest BCUT2D eigenvalue weighted by molar-refractivity contribution is 0.138. The minimum Gasteiger partial charge on any atom is -0.382 e. The molecule has 0 radical (unpaired) electrons. The van der Waals surface area contributed by atoms with Gasteiger partial charge in [-0.2, -0.15) is 0 Å². The third-order valence-electron chi connectivity index (χ3n) is 2.26. The molecule has 0 fully saturated rings. The van der Waals surface area contributed by atoms with Gasteiger partial charge < -0.3 is 15.2 Å². The molecule has 1 aromatic heterocycles. The summed E-state index contributed by atoms with van der Waals surface area (Å²) in [5.74, 6) is 0. The molecule has 0 aliphatic carbocycles. The number of methoxy groups -OCH3 is 1. The van der Waals surface area contributed by atoms with Gasteiger partial charge in [-0.25, -0.2) is 4.68 Å². The first kappa shape index (κ1) is 13.1. The number of hydrogen-bond donors (Lipinski definition) is 1. The predicted molar refractivity (Wildman–Crippen MR) is 59.7 cm³/mol. The van der Waals surface area contributed by atoms with Crippen LogP contribution < -0.4 is 5.73 Å². The number of ether oxygens (including phenoxy) is 2. The monoisotopic (exact) mass is 228 g/mol. The standard InChI is InChI=1S/C10H20N4O2/c1-3-16-6-4-5-14-10(8-15-2)9(7-11)12-13-14/h3-8,11H2,1-2H3. The highest BCUT2D eigenvalue weighted by Crippen LogP contribution is 2.07. The van der Waals surface area contributed by atoms with Crippen LogP contribution in [0.4, 0.5) is 0 Å². The Morgan fingerprint density at radius 1 is 1.44 bits per heavy atom. The van der Waals surface area contributed by atoms with Crippen molar-refractivity contribution in [1.82, 2.24) is 15.0 Å². The number of aromatic nitrogens is 3. The average molecular weight is 228 g/mol. The molecule has 0 aromatic carbocycles. The van der Waals surface area contributed by atoms with Crippen LogP contribution in [0.25, 0.3) is 0 Å². The van der Waals surface area contributed by atoms with Gasteiger partial charge in [0.15, 0.2) is 0 Å². The minimum absolute atomic E-state index is 0.393. The first-order valence-electron chi connectivity index (χ1n) is 5.51. The number of rotatable bonds is 8. The van der Waals surface area contributed by atoms with E-state index in [9.17, 15) is 0 Å². The average Bonchev–Trinajstić information content (AvgIpc) is 2.68. The Kier molecular flexibility index (Phi) is 5.99. The summed E-state index contributed by atoms with van der Waals surface area (Å²) in [6, 6.07) is 0. The fourth-order valence-electron chi connectivity index (χ4n) is 1.46. The summed E-state index contributed by atoms with van der Waals surface area (Å²) < 4.78 is 12.2. The molecule has 0 saturated carbocycles. The Hall–Kier alpha value is -0.980. The van der Waals surface area contributed by atoms with Crippen molar-refractivity contribution in [2.45, 2.75) is 33.0 Å². The highest BCUT2D eigenvalue weighted by atomic mass is 16.5. The van der Waals surface area contributed by atoms with Crippen molar-refractivity contribution in [1.29, 1.82) is 0 Å². The van der Waals surface area contributed by atoms with Crippen LogP contribution in [0.2, 0.25) is 0 Å². The van der Waals surface area contributed by atoms with Crippen LogP contribution in [-0.4, -0.2) is 35.3 Å². The number of hydrogen-bond acceptors (Lipinski definition) is 5. The second-order valence-electron chi connectivity index (χ2n) is 3.39. The van der Waals surface area contributed by atoms with Crippen molar-refractivity contribution >= 4 is 0 Å². The van der Waals surface area contributed by atoms with Gasteiger partial charge in [0.2, 0.25) is 0 Å². The first-order valence-corrected chi connectivity index (χ1v) is 5.51. The summed E-state index contributed by atoms with van der Waals surface area (Å²) in [7, 11) is 1.65. The quantitative estimate of drug-likeness (QED) is 0.648. The van der Waals surface area contributed by atoms with Crippen LogP contribution >= 0.6 is 0 Å². The van der Waals surface area contributed by atoms with Gasteiger partial charge >= 0.3 is 0 Å². The SMILES string of the molecule is CCOCCCn1nnc(CN)c1COC. The molecule has 0 aliphatic rings. The number of nitrogens with two attached hydrogens (primary N) is 1. The molecule has 1 aromatic rings. The van der Waals surface area contributed by atoms with Crippen molar-refractivity contribution in [3.63, 3.8) is 0 Å². The molecule has 1 heterocycles. The number of aryl methyl sites for hydroxylation is 1. The smallest absolute Gasteiger partial charge is 0.102 e. The molecule has 0 aliphatic heterocycles. The molecule has 6 heteroatoms. The van der Waals surface area contributed by atoms with Crippen molar-refractivity contribution in [2.75, 3.05) is 20.3 Å². The molecule has 2 N–H and O–H groups in total. The van der Waals surface area contributed by atoms with Gasteiger partial charge in [0.25, 0.3) is 0 Å². The highest BCUT2D eigenvalue weighted by molar-refractivity contribution is 5.08. The maximum atomic E-state index is 5.57. The molecule has 0 spiro atoms. The zero-order valence-electron chi connectivity index (χ0n) is 9.98. The fourth-order valence-corrected chi connectivity index (χ4v) is 1.46. The predicted octanol–water partition coefficient (Wildman–Crippen LogP) is 0.310. The van der Waals surface area contributed by atoms with Gasteiger partial charge in [0, 0.05) is 33.4 Å². The normalized spacial score (nSPS) is 10.9. The Morgan fingerprint density at radius 3 is 2.88 bits per heavy atom. The first-order chi connectivity index (χ1) is 7.83. The Bertz CT molecular complexity index is 301. The molecule has 6 nitrogen and oxygen atoms in total. The topological polar surface area (TPSA) is 75.2 Å². The van der Waals surface area contributed by atoms with Crippen molar-refractivity contribution in [3.8, 4) is 0 Å². The van der Waals surface area contributed by atoms with Crippen molar-refractivity contribution < 1.29 is 9.47 Å². The maximum Gasteiger partial charge on any atom is 0.102 e. The Balaban J connectivity index is 2.53. The van der Waals surface area contributed by atoms with E-state index in [-0.39, 0.29) is 0 Å². The summed E-state index contributed by atoms with van der Waals surface area (Å²) in [6.45, 7) is 5.14. The molecule has 1 rings (SSSR count). The van der Waals surface area contributed by atoms with E-state index < -0.39 is 0 Å². The lowest BCUT2D eigenvalue weighted by atomic mass is 10.3. The Morgan fingerprint density at radius 2 is 2.25 bits per heavy atom. The fraction of sp³-hybridized carbons (Fsp3) is 0.800.